The number of hydrogen-bond donors (Lipinski definition) is 0. The normalized spacial score (nSPS) is 14.1. The SMILES string of the molecule is COc1ccc(C2c3ccc4ccccc4c3Oc3ncn4nc(COc5c(C)cccc5C)nc4c32)cc1. The van der Waals surface area contributed by atoms with Gasteiger partial charge in [0, 0.05) is 16.9 Å². The number of aromatic nitrogens is 4. The molecule has 7 rings (SSSR count). The number of aryl methyl sites for hydroxylation is 2. The van der Waals surface area contributed by atoms with Crippen LogP contribution in [0.5, 0.6) is 23.1 Å². The molecule has 0 fully saturated rings. The fraction of sp³-hybridized carbons (Fsp3) is 0.156. The van der Waals surface area contributed by atoms with Crippen molar-refractivity contribution in [2.75, 3.05) is 7.11 Å². The van der Waals surface area contributed by atoms with Crippen LogP contribution in [0.15, 0.2) is 85.2 Å². The predicted molar refractivity (Wildman–Crippen MR) is 149 cm³/mol. The molecule has 0 amide bonds. The summed E-state index contributed by atoms with van der Waals surface area (Å²) < 4.78 is 19.8. The molecule has 3 heterocycles. The fourth-order valence-corrected chi connectivity index (χ4v) is 5.46. The Hall–Kier alpha value is -4.91. The number of methoxy groups -OCH3 is 1. The molecule has 4 aromatic carbocycles. The van der Waals surface area contributed by atoms with Crippen LogP contribution in [-0.4, -0.2) is 26.7 Å². The van der Waals surface area contributed by atoms with Crippen molar-refractivity contribution in [3.63, 3.8) is 0 Å². The number of fused-ring (bicyclic) bond motifs is 6. The highest BCUT2D eigenvalue weighted by atomic mass is 16.5. The van der Waals surface area contributed by atoms with Crippen molar-refractivity contribution in [1.82, 2.24) is 19.6 Å². The van der Waals surface area contributed by atoms with Gasteiger partial charge in [-0.3, -0.25) is 0 Å². The van der Waals surface area contributed by atoms with E-state index in [0.717, 1.165) is 55.8 Å². The molecular weight excluding hydrogens is 488 g/mol. The second-order valence-electron chi connectivity index (χ2n) is 9.78. The maximum atomic E-state index is 6.52. The first-order valence-corrected chi connectivity index (χ1v) is 12.9. The van der Waals surface area contributed by atoms with Crippen LogP contribution in [0.2, 0.25) is 0 Å². The molecule has 0 bridgehead atoms. The molecule has 0 radical (unpaired) electrons. The number of ether oxygens (including phenoxy) is 3. The van der Waals surface area contributed by atoms with Crippen LogP contribution < -0.4 is 14.2 Å². The average molecular weight is 515 g/mol. The monoisotopic (exact) mass is 514 g/mol. The van der Waals surface area contributed by atoms with Gasteiger partial charge < -0.3 is 14.2 Å². The summed E-state index contributed by atoms with van der Waals surface area (Å²) in [6, 6.07) is 26.8. The lowest BCUT2D eigenvalue weighted by atomic mass is 9.83. The number of benzene rings is 4. The Morgan fingerprint density at radius 3 is 2.49 bits per heavy atom. The van der Waals surface area contributed by atoms with Crippen molar-refractivity contribution in [2.45, 2.75) is 26.4 Å². The molecule has 7 nitrogen and oxygen atoms in total. The van der Waals surface area contributed by atoms with E-state index in [1.807, 2.05) is 56.3 Å². The van der Waals surface area contributed by atoms with Gasteiger partial charge in [0.05, 0.1) is 12.7 Å². The minimum Gasteiger partial charge on any atom is -0.497 e. The Bertz CT molecular complexity index is 1840. The van der Waals surface area contributed by atoms with Crippen molar-refractivity contribution < 1.29 is 14.2 Å². The summed E-state index contributed by atoms with van der Waals surface area (Å²) >= 11 is 0. The van der Waals surface area contributed by atoms with Gasteiger partial charge in [0.2, 0.25) is 5.88 Å². The highest BCUT2D eigenvalue weighted by Gasteiger charge is 2.34. The summed E-state index contributed by atoms with van der Waals surface area (Å²) in [7, 11) is 1.67. The molecule has 0 spiro atoms. The van der Waals surface area contributed by atoms with Crippen LogP contribution in [-0.2, 0) is 6.61 Å². The van der Waals surface area contributed by atoms with Crippen molar-refractivity contribution >= 4 is 16.4 Å². The van der Waals surface area contributed by atoms with E-state index in [4.69, 9.17) is 29.3 Å². The van der Waals surface area contributed by atoms with E-state index in [1.165, 1.54) is 0 Å². The standard InChI is InChI=1S/C32H26N4O3/c1-19-7-6-8-20(2)29(19)38-17-26-34-31-28-27(22-11-14-23(37-3)15-12-22)25-16-13-21-9-4-5-10-24(21)30(25)39-32(28)33-18-36(31)35-26/h4-16,18,27H,17H2,1-3H3. The molecule has 192 valence electrons. The van der Waals surface area contributed by atoms with Crippen LogP contribution in [0.4, 0.5) is 0 Å². The lowest BCUT2D eigenvalue weighted by molar-refractivity contribution is 0.292. The molecule has 1 aliphatic heterocycles. The minimum atomic E-state index is -0.160. The summed E-state index contributed by atoms with van der Waals surface area (Å²) in [5.74, 6) is 3.42. The summed E-state index contributed by atoms with van der Waals surface area (Å²) in [6.45, 7) is 4.33. The van der Waals surface area contributed by atoms with E-state index in [9.17, 15) is 0 Å². The van der Waals surface area contributed by atoms with Gasteiger partial charge in [-0.05, 0) is 48.1 Å². The smallest absolute Gasteiger partial charge is 0.228 e. The van der Waals surface area contributed by atoms with Crippen LogP contribution in [0.25, 0.3) is 16.4 Å². The second-order valence-corrected chi connectivity index (χ2v) is 9.78. The van der Waals surface area contributed by atoms with Crippen molar-refractivity contribution in [2.24, 2.45) is 0 Å². The first-order valence-electron chi connectivity index (χ1n) is 12.9. The van der Waals surface area contributed by atoms with Gasteiger partial charge in [-0.1, -0.05) is 66.7 Å². The van der Waals surface area contributed by atoms with Crippen LogP contribution in [0, 0.1) is 13.8 Å². The zero-order valence-corrected chi connectivity index (χ0v) is 21.9. The van der Waals surface area contributed by atoms with Crippen LogP contribution >= 0.6 is 0 Å². The number of nitrogens with zero attached hydrogens (tertiary/aromatic N) is 4. The van der Waals surface area contributed by atoms with E-state index in [2.05, 4.69) is 36.4 Å². The summed E-state index contributed by atoms with van der Waals surface area (Å²) in [6.07, 6.45) is 1.66. The zero-order valence-electron chi connectivity index (χ0n) is 21.9. The third-order valence-corrected chi connectivity index (χ3v) is 7.34. The Kier molecular flexibility index (Phi) is 5.44. The van der Waals surface area contributed by atoms with Gasteiger partial charge in [0.15, 0.2) is 11.5 Å². The van der Waals surface area contributed by atoms with Crippen LogP contribution in [0.3, 0.4) is 0 Å². The third kappa shape index (κ3) is 3.85. The zero-order chi connectivity index (χ0) is 26.5. The van der Waals surface area contributed by atoms with Crippen LogP contribution in [0.1, 0.15) is 39.6 Å². The average Bonchev–Trinajstić information content (AvgIpc) is 3.39. The molecule has 0 N–H and O–H groups in total. The molecule has 0 aliphatic carbocycles. The lowest BCUT2D eigenvalue weighted by Crippen LogP contribution is -2.15. The second kappa shape index (κ2) is 9.13. The van der Waals surface area contributed by atoms with Crippen molar-refractivity contribution in [3.05, 3.63) is 119 Å². The summed E-state index contributed by atoms with van der Waals surface area (Å²) in [5.41, 5.74) is 5.86. The molecule has 39 heavy (non-hydrogen) atoms. The Balaban J connectivity index is 1.37. The molecule has 1 atom stereocenters. The molecule has 6 aromatic rings. The van der Waals surface area contributed by atoms with E-state index in [-0.39, 0.29) is 12.5 Å². The van der Waals surface area contributed by atoms with E-state index >= 15 is 0 Å². The van der Waals surface area contributed by atoms with Gasteiger partial charge in [0.25, 0.3) is 0 Å². The maximum absolute atomic E-state index is 6.52. The van der Waals surface area contributed by atoms with Gasteiger partial charge >= 0.3 is 0 Å². The number of hydrogen-bond acceptors (Lipinski definition) is 6. The largest absolute Gasteiger partial charge is 0.497 e. The summed E-state index contributed by atoms with van der Waals surface area (Å²) in [4.78, 5) is 9.62. The molecule has 7 heteroatoms. The topological polar surface area (TPSA) is 70.8 Å². The van der Waals surface area contributed by atoms with Crippen molar-refractivity contribution in [3.8, 4) is 23.1 Å². The summed E-state index contributed by atoms with van der Waals surface area (Å²) in [5, 5.41) is 6.86. The van der Waals surface area contributed by atoms with E-state index in [0.29, 0.717) is 17.4 Å². The van der Waals surface area contributed by atoms with Gasteiger partial charge in [-0.25, -0.2) is 14.5 Å². The number of para-hydroxylation sites is 1. The van der Waals surface area contributed by atoms with E-state index in [1.54, 1.807) is 18.0 Å². The number of rotatable bonds is 5. The minimum absolute atomic E-state index is 0.160. The Morgan fingerprint density at radius 2 is 1.69 bits per heavy atom. The van der Waals surface area contributed by atoms with Crippen molar-refractivity contribution in [1.29, 1.82) is 0 Å². The highest BCUT2D eigenvalue weighted by molar-refractivity contribution is 5.91. The molecule has 0 saturated heterocycles. The Labute approximate surface area is 225 Å². The quantitative estimate of drug-likeness (QED) is 0.253. The van der Waals surface area contributed by atoms with Gasteiger partial charge in [-0.15, -0.1) is 5.10 Å². The lowest BCUT2D eigenvalue weighted by Gasteiger charge is -2.28. The van der Waals surface area contributed by atoms with E-state index < -0.39 is 0 Å². The molecule has 2 aromatic heterocycles. The predicted octanol–water partition coefficient (Wildman–Crippen LogP) is 6.77. The Morgan fingerprint density at radius 1 is 0.897 bits per heavy atom. The highest BCUT2D eigenvalue weighted by Crippen LogP contribution is 2.50. The third-order valence-electron chi connectivity index (χ3n) is 7.34. The molecule has 0 saturated carbocycles. The van der Waals surface area contributed by atoms with Gasteiger partial charge in [-0.2, -0.15) is 0 Å². The first-order chi connectivity index (χ1) is 19.1. The first kappa shape index (κ1) is 23.2. The fourth-order valence-electron chi connectivity index (χ4n) is 5.46. The van der Waals surface area contributed by atoms with Gasteiger partial charge in [0.1, 0.15) is 30.2 Å². The molecule has 1 aliphatic rings. The molecular formula is C32H26N4O3. The maximum Gasteiger partial charge on any atom is 0.228 e. The molecule has 1 unspecified atom stereocenters.